The summed E-state index contributed by atoms with van der Waals surface area (Å²) in [7, 11) is 0. The molecule has 0 aliphatic carbocycles. The highest BCUT2D eigenvalue weighted by atomic mass is 16.6. The lowest BCUT2D eigenvalue weighted by atomic mass is 9.95. The lowest BCUT2D eigenvalue weighted by Crippen LogP contribution is -2.68. The Labute approximate surface area is 100 Å². The first kappa shape index (κ1) is 13.8. The molecule has 6 heteroatoms. The molecule has 1 rings (SSSR count). The summed E-state index contributed by atoms with van der Waals surface area (Å²) in [5.41, 5.74) is -2.17. The molecule has 0 radical (unpaired) electrons. The number of carbonyl (C=O) groups is 2. The van der Waals surface area contributed by atoms with Crippen LogP contribution in [0.3, 0.4) is 0 Å². The van der Waals surface area contributed by atoms with Gasteiger partial charge in [-0.15, -0.1) is 0 Å². The SMILES string of the molecule is CCOC(=O)C1(O)CN(C(=O)OC(C)(C)C)C1. The fourth-order valence-electron chi connectivity index (χ4n) is 1.44. The van der Waals surface area contributed by atoms with Gasteiger partial charge in [0.25, 0.3) is 0 Å². The summed E-state index contributed by atoms with van der Waals surface area (Å²) in [6, 6.07) is 0. The third-order valence-electron chi connectivity index (χ3n) is 2.21. The first-order chi connectivity index (χ1) is 7.68. The molecule has 1 saturated heterocycles. The number of rotatable bonds is 2. The Kier molecular flexibility index (Phi) is 3.66. The van der Waals surface area contributed by atoms with Crippen molar-refractivity contribution in [3.63, 3.8) is 0 Å². The number of likely N-dealkylation sites (tertiary alicyclic amines) is 1. The Balaban J connectivity index is 2.45. The predicted octanol–water partition coefficient (Wildman–Crippen LogP) is 0.531. The van der Waals surface area contributed by atoms with E-state index < -0.39 is 23.3 Å². The zero-order valence-electron chi connectivity index (χ0n) is 10.6. The van der Waals surface area contributed by atoms with Gasteiger partial charge in [-0.05, 0) is 27.7 Å². The average Bonchev–Trinajstić information content (AvgIpc) is 2.10. The van der Waals surface area contributed by atoms with E-state index in [4.69, 9.17) is 9.47 Å². The van der Waals surface area contributed by atoms with Gasteiger partial charge in [0.05, 0.1) is 19.7 Å². The quantitative estimate of drug-likeness (QED) is 0.718. The molecule has 1 N–H and O–H groups in total. The fraction of sp³-hybridized carbons (Fsp3) is 0.818. The van der Waals surface area contributed by atoms with E-state index in [9.17, 15) is 14.7 Å². The largest absolute Gasteiger partial charge is 0.464 e. The normalized spacial score (nSPS) is 18.3. The smallest absolute Gasteiger partial charge is 0.410 e. The molecule has 1 aliphatic heterocycles. The molecule has 0 unspecified atom stereocenters. The van der Waals surface area contributed by atoms with E-state index in [0.29, 0.717) is 0 Å². The topological polar surface area (TPSA) is 76.1 Å². The van der Waals surface area contributed by atoms with Gasteiger partial charge in [-0.1, -0.05) is 0 Å². The second-order valence-corrected chi connectivity index (χ2v) is 5.09. The molecule has 0 spiro atoms. The summed E-state index contributed by atoms with van der Waals surface area (Å²) in [6.45, 7) is 6.95. The Morgan fingerprint density at radius 1 is 1.35 bits per heavy atom. The van der Waals surface area contributed by atoms with Crippen LogP contribution in [0.1, 0.15) is 27.7 Å². The number of aliphatic hydroxyl groups is 1. The standard InChI is InChI=1S/C11H19NO5/c1-5-16-8(13)11(15)6-12(7-11)9(14)17-10(2,3)4/h15H,5-7H2,1-4H3. The zero-order valence-corrected chi connectivity index (χ0v) is 10.6. The Bertz CT molecular complexity index is 314. The third-order valence-corrected chi connectivity index (χ3v) is 2.21. The van der Waals surface area contributed by atoms with Crippen molar-refractivity contribution in [2.75, 3.05) is 19.7 Å². The van der Waals surface area contributed by atoms with Gasteiger partial charge in [0.2, 0.25) is 0 Å². The molecule has 0 aromatic heterocycles. The highest BCUT2D eigenvalue weighted by Crippen LogP contribution is 2.24. The average molecular weight is 245 g/mol. The predicted molar refractivity (Wildman–Crippen MR) is 59.4 cm³/mol. The van der Waals surface area contributed by atoms with Crippen LogP contribution in [0.25, 0.3) is 0 Å². The summed E-state index contributed by atoms with van der Waals surface area (Å²) in [5.74, 6) is -0.695. The number of hydrogen-bond donors (Lipinski definition) is 1. The summed E-state index contributed by atoms with van der Waals surface area (Å²) in [6.07, 6.45) is -0.536. The molecule has 98 valence electrons. The summed E-state index contributed by atoms with van der Waals surface area (Å²) < 4.78 is 9.81. The van der Waals surface area contributed by atoms with Gasteiger partial charge in [0, 0.05) is 0 Å². The first-order valence-corrected chi connectivity index (χ1v) is 5.55. The molecule has 0 atom stereocenters. The van der Waals surface area contributed by atoms with Crippen LogP contribution in [0.15, 0.2) is 0 Å². The summed E-state index contributed by atoms with van der Waals surface area (Å²) >= 11 is 0. The molecule has 6 nitrogen and oxygen atoms in total. The van der Waals surface area contributed by atoms with Crippen molar-refractivity contribution in [3.05, 3.63) is 0 Å². The van der Waals surface area contributed by atoms with Gasteiger partial charge >= 0.3 is 12.1 Å². The molecule has 0 aromatic carbocycles. The minimum absolute atomic E-state index is 0.0826. The van der Waals surface area contributed by atoms with Gasteiger partial charge in [-0.3, -0.25) is 0 Å². The van der Waals surface area contributed by atoms with Crippen LogP contribution in [0.5, 0.6) is 0 Å². The third kappa shape index (κ3) is 3.33. The summed E-state index contributed by atoms with van der Waals surface area (Å²) in [5, 5.41) is 9.80. The van der Waals surface area contributed by atoms with E-state index in [-0.39, 0.29) is 19.7 Å². The van der Waals surface area contributed by atoms with E-state index in [1.165, 1.54) is 4.90 Å². The second-order valence-electron chi connectivity index (χ2n) is 5.09. The number of carbonyl (C=O) groups excluding carboxylic acids is 2. The highest BCUT2D eigenvalue weighted by molar-refractivity contribution is 5.84. The molecule has 1 fully saturated rings. The van der Waals surface area contributed by atoms with Crippen LogP contribution in [-0.4, -0.2) is 53.0 Å². The van der Waals surface area contributed by atoms with Crippen molar-refractivity contribution < 1.29 is 24.2 Å². The molecular weight excluding hydrogens is 226 g/mol. The zero-order chi connectivity index (χ0) is 13.3. The molecule has 17 heavy (non-hydrogen) atoms. The van der Waals surface area contributed by atoms with Crippen LogP contribution in [0.2, 0.25) is 0 Å². The maximum Gasteiger partial charge on any atom is 0.410 e. The first-order valence-electron chi connectivity index (χ1n) is 5.55. The second kappa shape index (κ2) is 4.52. The highest BCUT2D eigenvalue weighted by Gasteiger charge is 2.52. The molecule has 0 saturated carbocycles. The van der Waals surface area contributed by atoms with Gasteiger partial charge in [-0.2, -0.15) is 0 Å². The minimum Gasteiger partial charge on any atom is -0.464 e. The number of amides is 1. The van der Waals surface area contributed by atoms with Crippen LogP contribution in [0, 0.1) is 0 Å². The lowest BCUT2D eigenvalue weighted by molar-refractivity contribution is -0.181. The number of esters is 1. The number of β-amino-alcohol motifs (C(OH)–C–C–N with tert-alkyl or cyclic N) is 1. The molecule has 0 bridgehead atoms. The van der Waals surface area contributed by atoms with Gasteiger partial charge in [0.15, 0.2) is 5.60 Å². The molecule has 0 aromatic rings. The molecule has 1 heterocycles. The molecule has 1 aliphatic rings. The maximum absolute atomic E-state index is 11.5. The molecule has 1 amide bonds. The lowest BCUT2D eigenvalue weighted by Gasteiger charge is -2.44. The van der Waals surface area contributed by atoms with E-state index >= 15 is 0 Å². The minimum atomic E-state index is -1.58. The number of ether oxygens (including phenoxy) is 2. The van der Waals surface area contributed by atoms with Crippen molar-refractivity contribution in [2.45, 2.75) is 38.9 Å². The Morgan fingerprint density at radius 3 is 2.29 bits per heavy atom. The van der Waals surface area contributed by atoms with Crippen LogP contribution >= 0.6 is 0 Å². The van der Waals surface area contributed by atoms with Gasteiger partial charge in [-0.25, -0.2) is 9.59 Å². The van der Waals surface area contributed by atoms with E-state index in [1.807, 2.05) is 0 Å². The van der Waals surface area contributed by atoms with E-state index in [2.05, 4.69) is 0 Å². The van der Waals surface area contributed by atoms with Crippen LogP contribution in [-0.2, 0) is 14.3 Å². The number of hydrogen-bond acceptors (Lipinski definition) is 5. The van der Waals surface area contributed by atoms with Crippen molar-refractivity contribution in [1.82, 2.24) is 4.90 Å². The van der Waals surface area contributed by atoms with Gasteiger partial charge < -0.3 is 19.5 Å². The number of nitrogens with zero attached hydrogens (tertiary/aromatic N) is 1. The van der Waals surface area contributed by atoms with Crippen molar-refractivity contribution in [2.24, 2.45) is 0 Å². The van der Waals surface area contributed by atoms with Crippen molar-refractivity contribution in [1.29, 1.82) is 0 Å². The maximum atomic E-state index is 11.5. The molecular formula is C11H19NO5. The van der Waals surface area contributed by atoms with E-state index in [0.717, 1.165) is 0 Å². The van der Waals surface area contributed by atoms with Crippen LogP contribution in [0.4, 0.5) is 4.79 Å². The summed E-state index contributed by atoms with van der Waals surface area (Å²) in [4.78, 5) is 24.2. The Morgan fingerprint density at radius 2 is 1.88 bits per heavy atom. The van der Waals surface area contributed by atoms with Crippen molar-refractivity contribution >= 4 is 12.1 Å². The van der Waals surface area contributed by atoms with Crippen molar-refractivity contribution in [3.8, 4) is 0 Å². The monoisotopic (exact) mass is 245 g/mol. The van der Waals surface area contributed by atoms with Crippen LogP contribution < -0.4 is 0 Å². The Hall–Kier alpha value is -1.30. The van der Waals surface area contributed by atoms with Gasteiger partial charge in [0.1, 0.15) is 5.60 Å². The fourth-order valence-corrected chi connectivity index (χ4v) is 1.44. The van der Waals surface area contributed by atoms with E-state index in [1.54, 1.807) is 27.7 Å².